The maximum atomic E-state index is 11.8. The largest absolute Gasteiger partial charge is 0.361 e. The van der Waals surface area contributed by atoms with Crippen molar-refractivity contribution in [2.45, 2.75) is 44.9 Å². The van der Waals surface area contributed by atoms with Crippen molar-refractivity contribution in [3.05, 3.63) is 23.3 Å². The van der Waals surface area contributed by atoms with Crippen molar-refractivity contribution in [1.29, 1.82) is 0 Å². The van der Waals surface area contributed by atoms with E-state index in [0.717, 1.165) is 24.4 Å². The first-order chi connectivity index (χ1) is 9.70. The Balaban J connectivity index is 1.58. The third kappa shape index (κ3) is 2.87. The summed E-state index contributed by atoms with van der Waals surface area (Å²) in [7, 11) is 0. The molecule has 2 aromatic rings. The predicted octanol–water partition coefficient (Wildman–Crippen LogP) is 1.94. The van der Waals surface area contributed by atoms with Crippen molar-refractivity contribution in [2.75, 3.05) is 5.32 Å². The molecule has 1 saturated carbocycles. The van der Waals surface area contributed by atoms with Gasteiger partial charge in [-0.25, -0.2) is 0 Å². The predicted molar refractivity (Wildman–Crippen MR) is 71.2 cm³/mol. The normalized spacial score (nSPS) is 15.7. The van der Waals surface area contributed by atoms with E-state index in [9.17, 15) is 4.79 Å². The van der Waals surface area contributed by atoms with E-state index in [1.807, 2.05) is 6.92 Å². The molecule has 0 atom stereocenters. The van der Waals surface area contributed by atoms with Crippen LogP contribution in [-0.2, 0) is 11.2 Å². The van der Waals surface area contributed by atoms with E-state index in [1.165, 1.54) is 12.8 Å². The topological polar surface area (TPSA) is 96.7 Å². The van der Waals surface area contributed by atoms with Gasteiger partial charge in [-0.1, -0.05) is 18.0 Å². The van der Waals surface area contributed by atoms with Crippen LogP contribution in [0.2, 0.25) is 0 Å². The maximum Gasteiger partial charge on any atom is 0.248 e. The Kier molecular flexibility index (Phi) is 3.49. The molecular formula is C13H17N5O2. The molecule has 0 aromatic carbocycles. The highest BCUT2D eigenvalue weighted by Crippen LogP contribution is 2.32. The van der Waals surface area contributed by atoms with Gasteiger partial charge in [0.1, 0.15) is 11.6 Å². The van der Waals surface area contributed by atoms with Gasteiger partial charge in [-0.05, 0) is 19.8 Å². The summed E-state index contributed by atoms with van der Waals surface area (Å²) in [5, 5.41) is 13.3. The second kappa shape index (κ2) is 5.44. The molecule has 20 heavy (non-hydrogen) atoms. The summed E-state index contributed by atoms with van der Waals surface area (Å²) < 4.78 is 5.00. The van der Waals surface area contributed by atoms with E-state index in [-0.39, 0.29) is 12.3 Å². The molecule has 1 aliphatic carbocycles. The van der Waals surface area contributed by atoms with E-state index in [4.69, 9.17) is 4.52 Å². The van der Waals surface area contributed by atoms with Crippen LogP contribution in [0.4, 0.5) is 5.95 Å². The monoisotopic (exact) mass is 275 g/mol. The lowest BCUT2D eigenvalue weighted by Gasteiger charge is -2.02. The minimum absolute atomic E-state index is 0.133. The van der Waals surface area contributed by atoms with Gasteiger partial charge in [0, 0.05) is 12.0 Å². The number of carbonyl (C=O) groups is 1. The Hall–Kier alpha value is -2.18. The highest BCUT2D eigenvalue weighted by atomic mass is 16.5. The zero-order chi connectivity index (χ0) is 13.9. The van der Waals surface area contributed by atoms with Crippen molar-refractivity contribution in [1.82, 2.24) is 20.3 Å². The van der Waals surface area contributed by atoms with Gasteiger partial charge in [0.15, 0.2) is 0 Å². The first-order valence-corrected chi connectivity index (χ1v) is 6.85. The lowest BCUT2D eigenvalue weighted by atomic mass is 10.1. The van der Waals surface area contributed by atoms with E-state index in [1.54, 1.807) is 6.07 Å². The van der Waals surface area contributed by atoms with E-state index in [2.05, 4.69) is 25.7 Å². The zero-order valence-corrected chi connectivity index (χ0v) is 11.3. The van der Waals surface area contributed by atoms with Crippen LogP contribution in [-0.4, -0.2) is 26.2 Å². The summed E-state index contributed by atoms with van der Waals surface area (Å²) in [6, 6.07) is 1.74. The molecule has 0 radical (unpaired) electrons. The van der Waals surface area contributed by atoms with Crippen LogP contribution in [0.15, 0.2) is 10.6 Å². The number of aromatic nitrogens is 4. The minimum Gasteiger partial charge on any atom is -0.361 e. The fourth-order valence-corrected chi connectivity index (χ4v) is 2.54. The molecule has 0 bridgehead atoms. The third-order valence-electron chi connectivity index (χ3n) is 3.51. The molecule has 1 amide bonds. The Labute approximate surface area is 116 Å². The lowest BCUT2D eigenvalue weighted by molar-refractivity contribution is -0.115. The van der Waals surface area contributed by atoms with Gasteiger partial charge in [0.25, 0.3) is 0 Å². The molecule has 2 aromatic heterocycles. The van der Waals surface area contributed by atoms with E-state index >= 15 is 0 Å². The molecule has 2 heterocycles. The van der Waals surface area contributed by atoms with Crippen molar-refractivity contribution < 1.29 is 9.32 Å². The van der Waals surface area contributed by atoms with Crippen LogP contribution in [0.5, 0.6) is 0 Å². The average molecular weight is 275 g/mol. The molecule has 0 saturated heterocycles. The fourth-order valence-electron chi connectivity index (χ4n) is 2.54. The number of amides is 1. The number of aromatic amines is 1. The number of rotatable bonds is 4. The summed E-state index contributed by atoms with van der Waals surface area (Å²) in [5.41, 5.74) is 0.759. The number of H-pyrrole nitrogens is 1. The number of hydrogen-bond acceptors (Lipinski definition) is 5. The molecule has 7 heteroatoms. The molecule has 2 N–H and O–H groups in total. The molecule has 3 rings (SSSR count). The number of anilines is 1. The first kappa shape index (κ1) is 12.8. The van der Waals surface area contributed by atoms with E-state index in [0.29, 0.717) is 17.6 Å². The van der Waals surface area contributed by atoms with Crippen molar-refractivity contribution >= 4 is 11.9 Å². The van der Waals surface area contributed by atoms with Gasteiger partial charge >= 0.3 is 0 Å². The second-order valence-corrected chi connectivity index (χ2v) is 5.19. The van der Waals surface area contributed by atoms with Crippen molar-refractivity contribution in [2.24, 2.45) is 0 Å². The van der Waals surface area contributed by atoms with Crippen molar-refractivity contribution in [3.8, 4) is 0 Å². The molecule has 1 aliphatic rings. The molecule has 1 fully saturated rings. The molecule has 0 unspecified atom stereocenters. The van der Waals surface area contributed by atoms with Crippen LogP contribution in [0.3, 0.4) is 0 Å². The SMILES string of the molecule is Cc1cc(CC(=O)Nc2n[nH]c(C3CCCC3)n2)on1. The molecular weight excluding hydrogens is 258 g/mol. The smallest absolute Gasteiger partial charge is 0.248 e. The van der Waals surface area contributed by atoms with Crippen LogP contribution < -0.4 is 5.32 Å². The number of aryl methyl sites for hydroxylation is 1. The number of nitrogens with zero attached hydrogens (tertiary/aromatic N) is 3. The maximum absolute atomic E-state index is 11.8. The summed E-state index contributed by atoms with van der Waals surface area (Å²) in [4.78, 5) is 16.2. The summed E-state index contributed by atoms with van der Waals surface area (Å²) in [5.74, 6) is 1.97. The second-order valence-electron chi connectivity index (χ2n) is 5.19. The standard InChI is InChI=1S/C13H17N5O2/c1-8-6-10(20-18-8)7-11(19)14-13-15-12(16-17-13)9-4-2-3-5-9/h6,9H,2-5,7H2,1H3,(H2,14,15,16,17,19). The molecule has 7 nitrogen and oxygen atoms in total. The van der Waals surface area contributed by atoms with Crippen LogP contribution >= 0.6 is 0 Å². The van der Waals surface area contributed by atoms with Gasteiger partial charge in [-0.2, -0.15) is 4.98 Å². The first-order valence-electron chi connectivity index (χ1n) is 6.85. The average Bonchev–Trinajstić information content (AvgIpc) is 3.10. The highest BCUT2D eigenvalue weighted by Gasteiger charge is 2.21. The van der Waals surface area contributed by atoms with Crippen LogP contribution in [0.25, 0.3) is 0 Å². The minimum atomic E-state index is -0.210. The molecule has 0 spiro atoms. The lowest BCUT2D eigenvalue weighted by Crippen LogP contribution is -2.15. The van der Waals surface area contributed by atoms with Gasteiger partial charge < -0.3 is 4.52 Å². The van der Waals surface area contributed by atoms with Crippen LogP contribution in [0, 0.1) is 6.92 Å². The van der Waals surface area contributed by atoms with Crippen molar-refractivity contribution in [3.63, 3.8) is 0 Å². The van der Waals surface area contributed by atoms with E-state index < -0.39 is 0 Å². The molecule has 106 valence electrons. The third-order valence-corrected chi connectivity index (χ3v) is 3.51. The number of hydrogen-bond donors (Lipinski definition) is 2. The van der Waals surface area contributed by atoms with Gasteiger partial charge in [-0.15, -0.1) is 5.10 Å². The Morgan fingerprint density at radius 3 is 3.00 bits per heavy atom. The van der Waals surface area contributed by atoms with Gasteiger partial charge in [-0.3, -0.25) is 15.2 Å². The fraction of sp³-hybridized carbons (Fsp3) is 0.538. The zero-order valence-electron chi connectivity index (χ0n) is 11.3. The van der Waals surface area contributed by atoms with Gasteiger partial charge in [0.2, 0.25) is 11.9 Å². The summed E-state index contributed by atoms with van der Waals surface area (Å²) >= 11 is 0. The summed E-state index contributed by atoms with van der Waals surface area (Å²) in [6.45, 7) is 1.81. The van der Waals surface area contributed by atoms with Crippen LogP contribution in [0.1, 0.15) is 48.9 Å². The number of carbonyl (C=O) groups excluding carboxylic acids is 1. The Bertz CT molecular complexity index is 597. The Morgan fingerprint density at radius 1 is 1.50 bits per heavy atom. The highest BCUT2D eigenvalue weighted by molar-refractivity contribution is 5.90. The molecule has 0 aliphatic heterocycles. The number of nitrogens with one attached hydrogen (secondary N) is 2. The Morgan fingerprint density at radius 2 is 2.30 bits per heavy atom. The van der Waals surface area contributed by atoms with Gasteiger partial charge in [0.05, 0.1) is 12.1 Å². The quantitative estimate of drug-likeness (QED) is 0.888. The summed E-state index contributed by atoms with van der Waals surface area (Å²) in [6.07, 6.45) is 4.88.